The molecular weight excluding hydrogens is 288 g/mol. The summed E-state index contributed by atoms with van der Waals surface area (Å²) >= 11 is 1.31. The maximum absolute atomic E-state index is 11.9. The first-order valence-electron chi connectivity index (χ1n) is 6.46. The van der Waals surface area contributed by atoms with Crippen molar-refractivity contribution >= 4 is 28.9 Å². The van der Waals surface area contributed by atoms with Crippen LogP contribution >= 0.6 is 11.8 Å². The predicted octanol–water partition coefficient (Wildman–Crippen LogP) is 2.76. The van der Waals surface area contributed by atoms with Crippen LogP contribution in [0, 0.1) is 0 Å². The Morgan fingerprint density at radius 1 is 1.38 bits per heavy atom. The number of aromatic hydroxyl groups is 1. The van der Waals surface area contributed by atoms with E-state index in [0.717, 1.165) is 5.56 Å². The van der Waals surface area contributed by atoms with Crippen molar-refractivity contribution in [1.82, 2.24) is 5.32 Å². The molecule has 0 spiro atoms. The number of phenolic OH excluding ortho intramolecular Hbond substituents is 1. The maximum atomic E-state index is 11.9. The molecule has 2 rings (SSSR count). The molecule has 0 unspecified atom stereocenters. The number of phenols is 1. The second-order valence-corrected chi connectivity index (χ2v) is 6.61. The quantitative estimate of drug-likeness (QED) is 0.824. The minimum absolute atomic E-state index is 0.0677. The van der Waals surface area contributed by atoms with E-state index in [1.165, 1.54) is 24.9 Å². The van der Waals surface area contributed by atoms with Crippen molar-refractivity contribution in [3.8, 4) is 11.5 Å². The number of hydrogen-bond acceptors (Lipinski definition) is 5. The fraction of sp³-hybridized carbons (Fsp3) is 0.333. The molecule has 0 saturated carbocycles. The van der Waals surface area contributed by atoms with Crippen LogP contribution in [0.25, 0.3) is 6.08 Å². The number of methoxy groups -OCH3 is 1. The molecule has 6 heteroatoms. The Bertz CT molecular complexity index is 630. The molecule has 0 atom stereocenters. The maximum Gasteiger partial charge on any atom is 0.264 e. The zero-order valence-electron chi connectivity index (χ0n) is 12.4. The zero-order valence-corrected chi connectivity index (χ0v) is 13.2. The normalized spacial score (nSPS) is 19.1. The molecule has 1 aliphatic rings. The Morgan fingerprint density at radius 3 is 2.71 bits per heavy atom. The van der Waals surface area contributed by atoms with Crippen molar-refractivity contribution in [2.75, 3.05) is 7.11 Å². The first-order valence-corrected chi connectivity index (χ1v) is 7.28. The minimum atomic E-state index is -0.243. The van der Waals surface area contributed by atoms with E-state index in [9.17, 15) is 9.90 Å². The average Bonchev–Trinajstić information content (AvgIpc) is 2.69. The van der Waals surface area contributed by atoms with Gasteiger partial charge in [0.25, 0.3) is 5.91 Å². The summed E-state index contributed by atoms with van der Waals surface area (Å²) in [5.41, 5.74) is 0.534. The van der Waals surface area contributed by atoms with Crippen LogP contribution in [0.15, 0.2) is 28.1 Å². The van der Waals surface area contributed by atoms with Crippen LogP contribution in [0.2, 0.25) is 0 Å². The smallest absolute Gasteiger partial charge is 0.264 e. The van der Waals surface area contributed by atoms with Crippen molar-refractivity contribution in [1.29, 1.82) is 0 Å². The SMILES string of the molecule is COc1cc(C=C2SC(=NC(C)(C)C)NC2=O)ccc1O. The first-order chi connectivity index (χ1) is 9.78. The molecule has 21 heavy (non-hydrogen) atoms. The number of hydrogen-bond donors (Lipinski definition) is 2. The highest BCUT2D eigenvalue weighted by Crippen LogP contribution is 2.31. The Morgan fingerprint density at radius 2 is 2.10 bits per heavy atom. The van der Waals surface area contributed by atoms with Crippen LogP contribution in [0.3, 0.4) is 0 Å². The van der Waals surface area contributed by atoms with Gasteiger partial charge in [-0.15, -0.1) is 0 Å². The zero-order chi connectivity index (χ0) is 15.6. The number of ether oxygens (including phenoxy) is 1. The van der Waals surface area contributed by atoms with Crippen molar-refractivity contribution in [2.24, 2.45) is 4.99 Å². The lowest BCUT2D eigenvalue weighted by Gasteiger charge is -2.11. The molecule has 1 heterocycles. The van der Waals surface area contributed by atoms with Crippen molar-refractivity contribution in [3.05, 3.63) is 28.7 Å². The molecule has 0 aliphatic carbocycles. The van der Waals surface area contributed by atoms with Gasteiger partial charge in [0.1, 0.15) is 0 Å². The number of thioether (sulfide) groups is 1. The van der Waals surface area contributed by atoms with Crippen LogP contribution in [0.4, 0.5) is 0 Å². The summed E-state index contributed by atoms with van der Waals surface area (Å²) in [5, 5.41) is 12.9. The van der Waals surface area contributed by atoms with Gasteiger partial charge in [-0.3, -0.25) is 9.79 Å². The molecule has 0 aromatic heterocycles. The largest absolute Gasteiger partial charge is 0.504 e. The van der Waals surface area contributed by atoms with E-state index in [1.54, 1.807) is 18.2 Å². The molecule has 1 saturated heterocycles. The van der Waals surface area contributed by atoms with E-state index in [4.69, 9.17) is 4.74 Å². The van der Waals surface area contributed by atoms with Gasteiger partial charge >= 0.3 is 0 Å². The van der Waals surface area contributed by atoms with Gasteiger partial charge in [0.05, 0.1) is 17.6 Å². The Kier molecular flexibility index (Phi) is 4.27. The summed E-state index contributed by atoms with van der Waals surface area (Å²) in [4.78, 5) is 16.9. The lowest BCUT2D eigenvalue weighted by molar-refractivity contribution is -0.115. The number of amides is 1. The van der Waals surface area contributed by atoms with Crippen molar-refractivity contribution in [3.63, 3.8) is 0 Å². The minimum Gasteiger partial charge on any atom is -0.504 e. The van der Waals surface area contributed by atoms with Crippen molar-refractivity contribution < 1.29 is 14.6 Å². The van der Waals surface area contributed by atoms with E-state index in [0.29, 0.717) is 15.8 Å². The summed E-state index contributed by atoms with van der Waals surface area (Å²) < 4.78 is 5.05. The molecular formula is C15H18N2O3S. The topological polar surface area (TPSA) is 70.9 Å². The van der Waals surface area contributed by atoms with Crippen molar-refractivity contribution in [2.45, 2.75) is 26.3 Å². The third-order valence-electron chi connectivity index (χ3n) is 2.59. The number of benzene rings is 1. The number of nitrogens with zero attached hydrogens (tertiary/aromatic N) is 1. The van der Waals surface area contributed by atoms with Gasteiger partial charge in [0.15, 0.2) is 16.7 Å². The summed E-state index contributed by atoms with van der Waals surface area (Å²) in [6.45, 7) is 5.91. The summed E-state index contributed by atoms with van der Waals surface area (Å²) in [7, 11) is 1.48. The molecule has 112 valence electrons. The van der Waals surface area contributed by atoms with E-state index in [1.807, 2.05) is 20.8 Å². The molecule has 0 radical (unpaired) electrons. The van der Waals surface area contributed by atoms with E-state index in [2.05, 4.69) is 10.3 Å². The molecule has 1 aliphatic heterocycles. The van der Waals surface area contributed by atoms with E-state index in [-0.39, 0.29) is 17.2 Å². The number of nitrogens with one attached hydrogen (secondary N) is 1. The van der Waals surface area contributed by atoms with Crippen LogP contribution in [0.1, 0.15) is 26.3 Å². The van der Waals surface area contributed by atoms with Crippen LogP contribution in [-0.4, -0.2) is 28.8 Å². The fourth-order valence-corrected chi connectivity index (χ4v) is 2.73. The number of aliphatic imine (C=N–C) groups is 1. The highest BCUT2D eigenvalue weighted by Gasteiger charge is 2.25. The summed E-state index contributed by atoms with van der Waals surface area (Å²) in [6, 6.07) is 4.93. The average molecular weight is 306 g/mol. The van der Waals surface area contributed by atoms with Gasteiger partial charge in [-0.05, 0) is 56.3 Å². The molecule has 2 N–H and O–H groups in total. The molecule has 1 fully saturated rings. The Balaban J connectivity index is 2.26. The van der Waals surface area contributed by atoms with Gasteiger partial charge in [-0.1, -0.05) is 6.07 Å². The lowest BCUT2D eigenvalue weighted by atomic mass is 10.1. The number of carbonyl (C=O) groups excluding carboxylic acids is 1. The summed E-state index contributed by atoms with van der Waals surface area (Å²) in [5.74, 6) is 0.268. The van der Waals surface area contributed by atoms with Gasteiger partial charge in [0.2, 0.25) is 0 Å². The van der Waals surface area contributed by atoms with Crippen LogP contribution < -0.4 is 10.1 Å². The lowest BCUT2D eigenvalue weighted by Crippen LogP contribution is -2.23. The predicted molar refractivity (Wildman–Crippen MR) is 85.6 cm³/mol. The molecule has 0 bridgehead atoms. The van der Waals surface area contributed by atoms with E-state index >= 15 is 0 Å². The highest BCUT2D eigenvalue weighted by atomic mass is 32.2. The molecule has 5 nitrogen and oxygen atoms in total. The third-order valence-corrected chi connectivity index (χ3v) is 3.50. The first kappa shape index (κ1) is 15.4. The highest BCUT2D eigenvalue weighted by molar-refractivity contribution is 8.18. The second-order valence-electron chi connectivity index (χ2n) is 5.58. The molecule has 1 aromatic carbocycles. The molecule has 1 aromatic rings. The third kappa shape index (κ3) is 4.01. The standard InChI is InChI=1S/C15H18N2O3S/c1-15(2,3)17-14-16-13(19)12(21-14)8-9-5-6-10(18)11(7-9)20-4/h5-8,18H,1-4H3,(H,16,17,19). The van der Waals surface area contributed by atoms with Gasteiger partial charge < -0.3 is 15.2 Å². The monoisotopic (exact) mass is 306 g/mol. The fourth-order valence-electron chi connectivity index (χ4n) is 1.72. The van der Waals surface area contributed by atoms with E-state index < -0.39 is 0 Å². The van der Waals surface area contributed by atoms with Gasteiger partial charge in [-0.25, -0.2) is 0 Å². The van der Waals surface area contributed by atoms with Gasteiger partial charge in [-0.2, -0.15) is 0 Å². The Hall–Kier alpha value is -1.95. The number of amidine groups is 1. The van der Waals surface area contributed by atoms with Gasteiger partial charge in [0, 0.05) is 0 Å². The Labute approximate surface area is 128 Å². The number of rotatable bonds is 2. The summed E-state index contributed by atoms with van der Waals surface area (Å²) in [6.07, 6.45) is 1.74. The second kappa shape index (κ2) is 5.81. The van der Waals surface area contributed by atoms with Crippen LogP contribution in [0.5, 0.6) is 11.5 Å². The number of carbonyl (C=O) groups is 1. The molecule has 1 amide bonds. The van der Waals surface area contributed by atoms with Crippen LogP contribution in [-0.2, 0) is 4.79 Å².